The molecule has 1 unspecified atom stereocenters. The van der Waals surface area contributed by atoms with Gasteiger partial charge in [0, 0.05) is 35.2 Å². The fourth-order valence-electron chi connectivity index (χ4n) is 4.85. The van der Waals surface area contributed by atoms with Crippen LogP contribution in [0.5, 0.6) is 5.75 Å². The van der Waals surface area contributed by atoms with E-state index in [1.54, 1.807) is 50.5 Å². The number of aryl methyl sites for hydroxylation is 1. The average Bonchev–Trinajstić information content (AvgIpc) is 3.22. The van der Waals surface area contributed by atoms with Crippen LogP contribution in [0, 0.1) is 18.7 Å². The van der Waals surface area contributed by atoms with Gasteiger partial charge in [0.25, 0.3) is 0 Å². The number of hydrogen-bond acceptors (Lipinski definition) is 6. The predicted octanol–water partition coefficient (Wildman–Crippen LogP) is 6.34. The molecule has 4 aromatic rings. The molecule has 0 amide bonds. The first-order valence-electron chi connectivity index (χ1n) is 12.7. The van der Waals surface area contributed by atoms with Gasteiger partial charge in [-0.3, -0.25) is 4.79 Å². The number of esters is 1. The number of rotatable bonds is 8. The molecule has 2 heterocycles. The second kappa shape index (κ2) is 11.3. The quantitative estimate of drug-likeness (QED) is 0.245. The molecule has 0 fully saturated rings. The minimum atomic E-state index is -2.95. The van der Waals surface area contributed by atoms with Crippen LogP contribution in [-0.4, -0.2) is 38.7 Å². The van der Waals surface area contributed by atoms with E-state index in [0.717, 1.165) is 5.57 Å². The van der Waals surface area contributed by atoms with Crippen LogP contribution in [0.3, 0.4) is 0 Å². The van der Waals surface area contributed by atoms with Gasteiger partial charge in [0.2, 0.25) is 0 Å². The van der Waals surface area contributed by atoms with Gasteiger partial charge in [-0.05, 0) is 50.8 Å². The Bertz CT molecular complexity index is 1530. The summed E-state index contributed by atoms with van der Waals surface area (Å²) in [6, 6.07) is 9.57. The largest absolute Gasteiger partial charge is 0.466 e. The highest BCUT2D eigenvalue weighted by molar-refractivity contribution is 5.83. The van der Waals surface area contributed by atoms with Crippen LogP contribution in [0.4, 0.5) is 13.2 Å². The Kier molecular flexibility index (Phi) is 7.63. The number of nitrogens with zero attached hydrogens (tertiary/aromatic N) is 4. The number of ether oxygens (including phenoxy) is 2. The van der Waals surface area contributed by atoms with E-state index in [1.807, 2.05) is 10.6 Å². The fourth-order valence-corrected chi connectivity index (χ4v) is 4.85. The summed E-state index contributed by atoms with van der Waals surface area (Å²) in [6.07, 6.45) is 6.99. The summed E-state index contributed by atoms with van der Waals surface area (Å²) < 4.78 is 52.6. The zero-order chi connectivity index (χ0) is 27.5. The summed E-state index contributed by atoms with van der Waals surface area (Å²) in [5, 5.41) is 0. The SMILES string of the molecule is CCOC(=O)C1CC=C(c2ncc(-c3cc4c(cc3F)nc(C)n4Cc3ccccc3OC(F)F)cn2)CC1. The average molecular weight is 537 g/mol. The molecule has 0 saturated carbocycles. The first-order chi connectivity index (χ1) is 18.8. The van der Waals surface area contributed by atoms with Crippen LogP contribution in [-0.2, 0) is 16.1 Å². The van der Waals surface area contributed by atoms with E-state index >= 15 is 4.39 Å². The molecule has 0 bridgehead atoms. The van der Waals surface area contributed by atoms with Crippen LogP contribution in [0.15, 0.2) is 54.9 Å². The number of para-hydroxylation sites is 1. The molecule has 0 saturated heterocycles. The molecule has 39 heavy (non-hydrogen) atoms. The molecule has 1 atom stereocenters. The van der Waals surface area contributed by atoms with Crippen molar-refractivity contribution in [2.75, 3.05) is 6.61 Å². The predicted molar refractivity (Wildman–Crippen MR) is 140 cm³/mol. The van der Waals surface area contributed by atoms with E-state index in [2.05, 4.69) is 19.7 Å². The van der Waals surface area contributed by atoms with Gasteiger partial charge in [0.05, 0.1) is 30.1 Å². The van der Waals surface area contributed by atoms with Crippen molar-refractivity contribution in [1.82, 2.24) is 19.5 Å². The van der Waals surface area contributed by atoms with Crippen LogP contribution in [0.2, 0.25) is 0 Å². The van der Waals surface area contributed by atoms with Crippen molar-refractivity contribution in [2.24, 2.45) is 5.92 Å². The van der Waals surface area contributed by atoms with Crippen LogP contribution in [0.25, 0.3) is 27.7 Å². The molecule has 0 spiro atoms. The topological polar surface area (TPSA) is 79.1 Å². The summed E-state index contributed by atoms with van der Waals surface area (Å²) >= 11 is 0. The molecule has 0 radical (unpaired) electrons. The van der Waals surface area contributed by atoms with E-state index in [-0.39, 0.29) is 24.2 Å². The molecule has 1 aliphatic carbocycles. The molecular formula is C29H27F3N4O3. The van der Waals surface area contributed by atoms with Crippen molar-refractivity contribution < 1.29 is 27.4 Å². The third-order valence-electron chi connectivity index (χ3n) is 6.83. The Morgan fingerprint density at radius 2 is 1.95 bits per heavy atom. The van der Waals surface area contributed by atoms with Crippen molar-refractivity contribution >= 4 is 22.6 Å². The fraction of sp³-hybridized carbons (Fsp3) is 0.310. The number of imidazole rings is 1. The highest BCUT2D eigenvalue weighted by Gasteiger charge is 2.24. The number of benzene rings is 2. The highest BCUT2D eigenvalue weighted by atomic mass is 19.3. The summed E-state index contributed by atoms with van der Waals surface area (Å²) in [7, 11) is 0. The van der Waals surface area contributed by atoms with Gasteiger partial charge >= 0.3 is 12.6 Å². The number of hydrogen-bond donors (Lipinski definition) is 0. The summed E-state index contributed by atoms with van der Waals surface area (Å²) in [4.78, 5) is 25.4. The van der Waals surface area contributed by atoms with Crippen molar-refractivity contribution in [3.05, 3.63) is 77.9 Å². The van der Waals surface area contributed by atoms with Gasteiger partial charge < -0.3 is 14.0 Å². The maximum atomic E-state index is 15.2. The Morgan fingerprint density at radius 1 is 1.18 bits per heavy atom. The number of aromatic nitrogens is 4. The third-order valence-corrected chi connectivity index (χ3v) is 6.83. The number of fused-ring (bicyclic) bond motifs is 1. The normalized spacial score (nSPS) is 15.4. The lowest BCUT2D eigenvalue weighted by molar-refractivity contribution is -0.148. The van der Waals surface area contributed by atoms with Gasteiger partial charge in [0.1, 0.15) is 17.4 Å². The molecule has 7 nitrogen and oxygen atoms in total. The smallest absolute Gasteiger partial charge is 0.387 e. The summed E-state index contributed by atoms with van der Waals surface area (Å²) in [6.45, 7) is 1.19. The first kappa shape index (κ1) is 26.4. The monoisotopic (exact) mass is 536 g/mol. The molecule has 202 valence electrons. The number of carbonyl (C=O) groups is 1. The highest BCUT2D eigenvalue weighted by Crippen LogP contribution is 2.32. The van der Waals surface area contributed by atoms with E-state index in [0.29, 0.717) is 65.2 Å². The van der Waals surface area contributed by atoms with Crippen molar-refractivity contribution in [1.29, 1.82) is 0 Å². The second-order valence-corrected chi connectivity index (χ2v) is 9.30. The van der Waals surface area contributed by atoms with E-state index in [4.69, 9.17) is 4.74 Å². The third kappa shape index (κ3) is 5.64. The molecule has 0 N–H and O–H groups in total. The lowest BCUT2D eigenvalue weighted by Crippen LogP contribution is -2.19. The molecule has 10 heteroatoms. The van der Waals surface area contributed by atoms with Crippen molar-refractivity contribution in [2.45, 2.75) is 46.3 Å². The molecule has 1 aliphatic rings. The first-order valence-corrected chi connectivity index (χ1v) is 12.7. The van der Waals surface area contributed by atoms with Crippen LogP contribution < -0.4 is 4.74 Å². The van der Waals surface area contributed by atoms with E-state index in [1.165, 1.54) is 12.1 Å². The number of carbonyl (C=O) groups excluding carboxylic acids is 1. The van der Waals surface area contributed by atoms with Gasteiger partial charge in [-0.2, -0.15) is 8.78 Å². The summed E-state index contributed by atoms with van der Waals surface area (Å²) in [5.74, 6) is 0.402. The maximum absolute atomic E-state index is 15.2. The Morgan fingerprint density at radius 3 is 2.64 bits per heavy atom. The lowest BCUT2D eigenvalue weighted by atomic mass is 9.89. The maximum Gasteiger partial charge on any atom is 0.387 e. The molecule has 2 aromatic heterocycles. The second-order valence-electron chi connectivity index (χ2n) is 9.30. The van der Waals surface area contributed by atoms with Gasteiger partial charge in [-0.1, -0.05) is 24.3 Å². The number of allylic oxidation sites excluding steroid dienone is 2. The van der Waals surface area contributed by atoms with Gasteiger partial charge in [0.15, 0.2) is 5.82 Å². The summed E-state index contributed by atoms with van der Waals surface area (Å²) in [5.41, 5.74) is 3.36. The Balaban J connectivity index is 1.42. The van der Waals surface area contributed by atoms with Crippen LogP contribution >= 0.6 is 0 Å². The zero-order valence-electron chi connectivity index (χ0n) is 21.5. The van der Waals surface area contributed by atoms with E-state index < -0.39 is 12.4 Å². The van der Waals surface area contributed by atoms with Crippen molar-refractivity contribution in [3.63, 3.8) is 0 Å². The minimum Gasteiger partial charge on any atom is -0.466 e. The van der Waals surface area contributed by atoms with Crippen LogP contribution in [0.1, 0.15) is 43.4 Å². The molecule has 5 rings (SSSR count). The van der Waals surface area contributed by atoms with Gasteiger partial charge in [-0.25, -0.2) is 19.3 Å². The molecule has 2 aromatic carbocycles. The lowest BCUT2D eigenvalue weighted by Gasteiger charge is -2.19. The van der Waals surface area contributed by atoms with E-state index in [9.17, 15) is 13.6 Å². The number of halogens is 3. The van der Waals surface area contributed by atoms with Crippen molar-refractivity contribution in [3.8, 4) is 16.9 Å². The van der Waals surface area contributed by atoms with Gasteiger partial charge in [-0.15, -0.1) is 0 Å². The minimum absolute atomic E-state index is 0.0747. The zero-order valence-corrected chi connectivity index (χ0v) is 21.5. The standard InChI is InChI=1S/C29H27F3N4O3/c1-3-38-28(37)19-10-8-18(9-11-19)27-33-14-21(15-34-27)22-12-25-24(13-23(22)30)35-17(2)36(25)16-20-6-4-5-7-26(20)39-29(31)32/h4-8,12-15,19,29H,3,9-11,16H2,1-2H3. The Labute approximate surface area is 223 Å². The molecular weight excluding hydrogens is 509 g/mol. The molecule has 0 aliphatic heterocycles. The Hall–Kier alpha value is -4.21. The number of alkyl halides is 2.